The van der Waals surface area contributed by atoms with Crippen molar-refractivity contribution in [1.29, 1.82) is 0 Å². The predicted molar refractivity (Wildman–Crippen MR) is 191 cm³/mol. The molecule has 250 valence electrons. The number of carbonyl (C=O) groups is 4. The van der Waals surface area contributed by atoms with Crippen molar-refractivity contribution in [3.63, 3.8) is 0 Å². The standard InChI is InChI=1S/C40H41N5O4/c41-37(46)36(30-10-2-1-3-11-30)45-40(49)35(25-27-15-17-29-9-5-7-13-33(29)23-27)44-39(48)34(43-38(47)31-18-20-42-21-19-31)24-26-14-16-28-8-4-6-12-32(28)22-26/h1-17,22-23,31,34-36,42H,18-21,24-25H2,(H2,41,46)(H,43,47)(H,44,48)(H,45,49)/t34-,35-,36+/m1/s1. The summed E-state index contributed by atoms with van der Waals surface area (Å²) < 4.78 is 0. The summed E-state index contributed by atoms with van der Waals surface area (Å²) in [5.41, 5.74) is 7.96. The molecule has 4 amide bonds. The molecule has 6 N–H and O–H groups in total. The van der Waals surface area contributed by atoms with Crippen molar-refractivity contribution in [2.75, 3.05) is 13.1 Å². The maximum atomic E-state index is 14.2. The van der Waals surface area contributed by atoms with Crippen LogP contribution in [0.3, 0.4) is 0 Å². The largest absolute Gasteiger partial charge is 0.368 e. The average Bonchev–Trinajstić information content (AvgIpc) is 3.13. The average molecular weight is 656 g/mol. The minimum atomic E-state index is -1.10. The Balaban J connectivity index is 1.29. The summed E-state index contributed by atoms with van der Waals surface area (Å²) >= 11 is 0. The number of amides is 4. The lowest BCUT2D eigenvalue weighted by atomic mass is 9.95. The Kier molecular flexibility index (Phi) is 10.6. The molecule has 1 fully saturated rings. The van der Waals surface area contributed by atoms with Gasteiger partial charge in [0.2, 0.25) is 23.6 Å². The molecule has 5 aromatic carbocycles. The van der Waals surface area contributed by atoms with Crippen LogP contribution in [0.15, 0.2) is 115 Å². The van der Waals surface area contributed by atoms with Gasteiger partial charge in [-0.2, -0.15) is 0 Å². The minimum Gasteiger partial charge on any atom is -0.368 e. The van der Waals surface area contributed by atoms with E-state index in [1.807, 2.05) is 84.9 Å². The second-order valence-electron chi connectivity index (χ2n) is 12.7. The van der Waals surface area contributed by atoms with Crippen LogP contribution in [-0.2, 0) is 32.0 Å². The molecule has 0 bridgehead atoms. The lowest BCUT2D eigenvalue weighted by Gasteiger charge is -2.27. The molecule has 0 unspecified atom stereocenters. The smallest absolute Gasteiger partial charge is 0.244 e. The third-order valence-electron chi connectivity index (χ3n) is 9.19. The Morgan fingerprint density at radius 3 is 1.65 bits per heavy atom. The highest BCUT2D eigenvalue weighted by Crippen LogP contribution is 2.20. The molecule has 6 rings (SSSR count). The number of nitrogens with one attached hydrogen (secondary N) is 4. The van der Waals surface area contributed by atoms with Crippen LogP contribution in [-0.4, -0.2) is 48.8 Å². The highest BCUT2D eigenvalue weighted by molar-refractivity contribution is 5.95. The number of benzene rings is 5. The molecule has 5 aromatic rings. The van der Waals surface area contributed by atoms with Crippen molar-refractivity contribution in [3.8, 4) is 0 Å². The lowest BCUT2D eigenvalue weighted by Crippen LogP contribution is -2.56. The molecule has 1 saturated heterocycles. The maximum Gasteiger partial charge on any atom is 0.244 e. The van der Waals surface area contributed by atoms with Gasteiger partial charge in [0, 0.05) is 18.8 Å². The van der Waals surface area contributed by atoms with Gasteiger partial charge < -0.3 is 27.0 Å². The summed E-state index contributed by atoms with van der Waals surface area (Å²) in [4.78, 5) is 54.2. The van der Waals surface area contributed by atoms with Crippen molar-refractivity contribution in [1.82, 2.24) is 21.3 Å². The van der Waals surface area contributed by atoms with Gasteiger partial charge in [-0.15, -0.1) is 0 Å². The predicted octanol–water partition coefficient (Wildman–Crippen LogP) is 4.09. The molecule has 1 aliphatic rings. The third-order valence-corrected chi connectivity index (χ3v) is 9.19. The Morgan fingerprint density at radius 2 is 1.10 bits per heavy atom. The molecule has 0 radical (unpaired) electrons. The first-order valence-corrected chi connectivity index (χ1v) is 16.8. The molecule has 9 heteroatoms. The number of hydrogen-bond acceptors (Lipinski definition) is 5. The zero-order valence-electron chi connectivity index (χ0n) is 27.2. The lowest BCUT2D eigenvalue weighted by molar-refractivity contribution is -0.134. The molecule has 49 heavy (non-hydrogen) atoms. The van der Waals surface area contributed by atoms with Gasteiger partial charge in [0.1, 0.15) is 18.1 Å². The normalized spacial score (nSPS) is 15.2. The van der Waals surface area contributed by atoms with E-state index in [-0.39, 0.29) is 24.7 Å². The van der Waals surface area contributed by atoms with Crippen molar-refractivity contribution < 1.29 is 19.2 Å². The highest BCUT2D eigenvalue weighted by Gasteiger charge is 2.32. The number of primary amides is 1. The van der Waals surface area contributed by atoms with Gasteiger partial charge in [0.25, 0.3) is 0 Å². The molecule has 0 aliphatic carbocycles. The molecule has 3 atom stereocenters. The van der Waals surface area contributed by atoms with Crippen LogP contribution in [0.1, 0.15) is 35.6 Å². The Labute approximate surface area is 285 Å². The second-order valence-corrected chi connectivity index (χ2v) is 12.7. The third kappa shape index (κ3) is 8.49. The maximum absolute atomic E-state index is 14.2. The summed E-state index contributed by atoms with van der Waals surface area (Å²) in [5.74, 6) is -2.18. The fourth-order valence-electron chi connectivity index (χ4n) is 6.47. The number of hydrogen-bond donors (Lipinski definition) is 5. The van der Waals surface area contributed by atoms with E-state index in [0.29, 0.717) is 18.4 Å². The Hall–Kier alpha value is -5.54. The molecule has 0 spiro atoms. The summed E-state index contributed by atoms with van der Waals surface area (Å²) in [5, 5.41) is 16.1. The highest BCUT2D eigenvalue weighted by atomic mass is 16.2. The van der Waals surface area contributed by atoms with Crippen LogP contribution in [0.2, 0.25) is 0 Å². The Bertz CT molecular complexity index is 1960. The van der Waals surface area contributed by atoms with Gasteiger partial charge in [-0.3, -0.25) is 19.2 Å². The molecule has 9 nitrogen and oxygen atoms in total. The first-order chi connectivity index (χ1) is 23.8. The summed E-state index contributed by atoms with van der Waals surface area (Å²) in [6.07, 6.45) is 1.73. The molecule has 1 heterocycles. The van der Waals surface area contributed by atoms with Crippen LogP contribution < -0.4 is 27.0 Å². The molecule has 0 saturated carbocycles. The van der Waals surface area contributed by atoms with E-state index < -0.39 is 35.8 Å². The van der Waals surface area contributed by atoms with Crippen LogP contribution in [0.4, 0.5) is 0 Å². The zero-order valence-corrected chi connectivity index (χ0v) is 27.2. The van der Waals surface area contributed by atoms with E-state index in [0.717, 1.165) is 45.8 Å². The molecule has 1 aliphatic heterocycles. The van der Waals surface area contributed by atoms with Crippen LogP contribution in [0.5, 0.6) is 0 Å². The SMILES string of the molecule is NC(=O)[C@@H](NC(=O)[C@@H](Cc1ccc2ccccc2c1)NC(=O)[C@@H](Cc1ccc2ccccc2c1)NC(=O)C1CCNCC1)c1ccccc1. The van der Waals surface area contributed by atoms with Gasteiger partial charge in [-0.05, 0) is 64.2 Å². The topological polar surface area (TPSA) is 142 Å². The molecular weight excluding hydrogens is 614 g/mol. The van der Waals surface area contributed by atoms with E-state index in [1.165, 1.54) is 0 Å². The van der Waals surface area contributed by atoms with Crippen LogP contribution >= 0.6 is 0 Å². The van der Waals surface area contributed by atoms with Crippen molar-refractivity contribution in [2.45, 2.75) is 43.8 Å². The Morgan fingerprint density at radius 1 is 0.612 bits per heavy atom. The van der Waals surface area contributed by atoms with Crippen LogP contribution in [0, 0.1) is 5.92 Å². The molecular formula is C40H41N5O4. The summed E-state index contributed by atoms with van der Waals surface area (Å²) in [7, 11) is 0. The number of fused-ring (bicyclic) bond motifs is 2. The van der Waals surface area contributed by atoms with Gasteiger partial charge in [-0.25, -0.2) is 0 Å². The van der Waals surface area contributed by atoms with Crippen molar-refractivity contribution >= 4 is 45.2 Å². The zero-order chi connectivity index (χ0) is 34.2. The number of rotatable bonds is 12. The fourth-order valence-corrected chi connectivity index (χ4v) is 6.47. The van der Waals surface area contributed by atoms with E-state index in [1.54, 1.807) is 30.3 Å². The first kappa shape index (κ1) is 33.4. The minimum absolute atomic E-state index is 0.146. The van der Waals surface area contributed by atoms with E-state index >= 15 is 0 Å². The number of piperidine rings is 1. The van der Waals surface area contributed by atoms with E-state index in [2.05, 4.69) is 21.3 Å². The second kappa shape index (κ2) is 15.6. The van der Waals surface area contributed by atoms with Gasteiger partial charge in [0.05, 0.1) is 0 Å². The van der Waals surface area contributed by atoms with Gasteiger partial charge >= 0.3 is 0 Å². The molecule has 0 aromatic heterocycles. The monoisotopic (exact) mass is 655 g/mol. The van der Waals surface area contributed by atoms with E-state index in [4.69, 9.17) is 5.73 Å². The number of carbonyl (C=O) groups excluding carboxylic acids is 4. The van der Waals surface area contributed by atoms with Crippen molar-refractivity contribution in [3.05, 3.63) is 132 Å². The fraction of sp³-hybridized carbons (Fsp3) is 0.250. The van der Waals surface area contributed by atoms with Crippen molar-refractivity contribution in [2.24, 2.45) is 11.7 Å². The van der Waals surface area contributed by atoms with E-state index in [9.17, 15) is 19.2 Å². The summed E-state index contributed by atoms with van der Waals surface area (Å²) in [6, 6.07) is 33.3. The van der Waals surface area contributed by atoms with Gasteiger partial charge in [0.15, 0.2) is 0 Å². The summed E-state index contributed by atoms with van der Waals surface area (Å²) in [6.45, 7) is 1.46. The number of nitrogens with two attached hydrogens (primary N) is 1. The quantitative estimate of drug-likeness (QED) is 0.138. The van der Waals surface area contributed by atoms with Gasteiger partial charge in [-0.1, -0.05) is 115 Å². The van der Waals surface area contributed by atoms with Crippen LogP contribution in [0.25, 0.3) is 21.5 Å². The first-order valence-electron chi connectivity index (χ1n) is 16.8.